The molecule has 3 rings (SSSR count). The van der Waals surface area contributed by atoms with Crippen LogP contribution in [0.2, 0.25) is 0 Å². The monoisotopic (exact) mass is 352 g/mol. The Morgan fingerprint density at radius 3 is 2.79 bits per heavy atom. The maximum absolute atomic E-state index is 14.5. The number of halogens is 1. The molecule has 8 heteroatoms. The van der Waals surface area contributed by atoms with E-state index in [-0.39, 0.29) is 17.3 Å². The van der Waals surface area contributed by atoms with Crippen LogP contribution < -0.4 is 20.9 Å². The molecule has 0 saturated carbocycles. The van der Waals surface area contributed by atoms with Gasteiger partial charge in [-0.15, -0.1) is 0 Å². The Morgan fingerprint density at radius 1 is 1.38 bits per heavy atom. The van der Waals surface area contributed by atoms with Crippen molar-refractivity contribution in [3.63, 3.8) is 0 Å². The number of anilines is 2. The maximum Gasteiger partial charge on any atom is 0.414 e. The summed E-state index contributed by atoms with van der Waals surface area (Å²) in [5.41, 5.74) is 6.46. The van der Waals surface area contributed by atoms with E-state index < -0.39 is 18.0 Å². The second kappa shape index (κ2) is 7.21. The quantitative estimate of drug-likeness (QED) is 0.808. The number of rotatable bonds is 4. The molecule has 1 atom stereocenters. The molecule has 3 N–H and O–H groups in total. The predicted molar refractivity (Wildman–Crippen MR) is 94.9 cm³/mol. The summed E-state index contributed by atoms with van der Waals surface area (Å²) in [7, 11) is 0. The summed E-state index contributed by atoms with van der Waals surface area (Å²) in [5, 5.41) is 2.89. The van der Waals surface area contributed by atoms with Gasteiger partial charge in [0.25, 0.3) is 0 Å². The van der Waals surface area contributed by atoms with Crippen molar-refractivity contribution in [1.82, 2.24) is 5.32 Å². The van der Waals surface area contributed by atoms with Gasteiger partial charge in [-0.05, 0) is 49.7 Å². The lowest BCUT2D eigenvalue weighted by Crippen LogP contribution is -2.37. The fourth-order valence-corrected chi connectivity index (χ4v) is 3.19. The summed E-state index contributed by atoms with van der Waals surface area (Å²) in [5.74, 6) is -0.419. The highest BCUT2D eigenvalue weighted by Gasteiger charge is 2.33. The van der Waals surface area contributed by atoms with Gasteiger partial charge >= 0.3 is 6.09 Å². The van der Waals surface area contributed by atoms with Gasteiger partial charge in [-0.2, -0.15) is 0 Å². The van der Waals surface area contributed by atoms with Gasteiger partial charge in [0.05, 0.1) is 18.8 Å². The molecule has 6 nitrogen and oxygen atoms in total. The highest BCUT2D eigenvalue weighted by molar-refractivity contribution is 7.80. The van der Waals surface area contributed by atoms with Crippen molar-refractivity contribution in [2.75, 3.05) is 36.0 Å². The van der Waals surface area contributed by atoms with Crippen LogP contribution in [0.15, 0.2) is 18.2 Å². The molecule has 0 aromatic heterocycles. The summed E-state index contributed by atoms with van der Waals surface area (Å²) in [6, 6.07) is 5.00. The number of benzene rings is 1. The van der Waals surface area contributed by atoms with E-state index in [1.54, 1.807) is 6.07 Å². The van der Waals surface area contributed by atoms with Crippen LogP contribution in [-0.4, -0.2) is 43.5 Å². The summed E-state index contributed by atoms with van der Waals surface area (Å²) >= 11 is 4.73. The van der Waals surface area contributed by atoms with Crippen LogP contribution in [-0.2, 0) is 4.74 Å². The number of carbonyl (C=O) groups excluding carboxylic acids is 1. The molecule has 0 spiro atoms. The number of hydrogen-bond donors (Lipinski definition) is 2. The van der Waals surface area contributed by atoms with Gasteiger partial charge < -0.3 is 20.7 Å². The molecular formula is C16H21FN4O2S. The number of amides is 1. The van der Waals surface area contributed by atoms with Crippen LogP contribution in [0.4, 0.5) is 20.6 Å². The zero-order valence-electron chi connectivity index (χ0n) is 13.3. The fourth-order valence-electron chi connectivity index (χ4n) is 3.10. The van der Waals surface area contributed by atoms with Gasteiger partial charge in [-0.25, -0.2) is 9.18 Å². The average Bonchev–Trinajstić information content (AvgIpc) is 2.94. The first-order chi connectivity index (χ1) is 11.5. The third-order valence-corrected chi connectivity index (χ3v) is 4.47. The topological polar surface area (TPSA) is 70.8 Å². The van der Waals surface area contributed by atoms with Gasteiger partial charge in [-0.3, -0.25) is 4.90 Å². The van der Waals surface area contributed by atoms with Gasteiger partial charge in [0.2, 0.25) is 0 Å². The maximum atomic E-state index is 14.5. The Hall–Kier alpha value is -2.09. The first-order valence-corrected chi connectivity index (χ1v) is 8.51. The number of hydrogen-bond acceptors (Lipinski definition) is 4. The van der Waals surface area contributed by atoms with Crippen molar-refractivity contribution in [2.45, 2.75) is 25.4 Å². The van der Waals surface area contributed by atoms with E-state index in [1.807, 2.05) is 6.07 Å². The van der Waals surface area contributed by atoms with Crippen LogP contribution in [0.1, 0.15) is 19.3 Å². The fraction of sp³-hybridized carbons (Fsp3) is 0.500. The highest BCUT2D eigenvalue weighted by atomic mass is 32.1. The number of ether oxygens (including phenoxy) is 1. The molecule has 0 aliphatic carbocycles. The second-order valence-electron chi connectivity index (χ2n) is 6.04. The molecule has 0 bridgehead atoms. The lowest BCUT2D eigenvalue weighted by atomic mass is 10.1. The van der Waals surface area contributed by atoms with E-state index in [0.29, 0.717) is 6.54 Å². The Bertz CT molecular complexity index is 637. The van der Waals surface area contributed by atoms with Crippen LogP contribution in [0, 0.1) is 5.82 Å². The number of nitrogens with zero attached hydrogens (tertiary/aromatic N) is 2. The number of carbonyl (C=O) groups is 1. The molecule has 24 heavy (non-hydrogen) atoms. The standard InChI is InChI=1S/C16H21FN4O2S/c17-13-8-11(20-6-2-1-3-7-20)4-5-14(13)21-10-12(23-16(21)22)9-19-15(18)24/h4-5,8,12H,1-3,6-7,9-10H2,(H3,18,19,24)/t12-/m0/s1. The van der Waals surface area contributed by atoms with E-state index in [1.165, 1.54) is 17.4 Å². The Labute approximate surface area is 145 Å². The average molecular weight is 352 g/mol. The third kappa shape index (κ3) is 3.69. The van der Waals surface area contributed by atoms with E-state index in [4.69, 9.17) is 22.7 Å². The molecular weight excluding hydrogens is 331 g/mol. The molecule has 0 unspecified atom stereocenters. The molecule has 1 aromatic carbocycles. The van der Waals surface area contributed by atoms with Crippen LogP contribution in [0.25, 0.3) is 0 Å². The summed E-state index contributed by atoms with van der Waals surface area (Å²) < 4.78 is 19.8. The molecule has 0 radical (unpaired) electrons. The first-order valence-electron chi connectivity index (χ1n) is 8.10. The van der Waals surface area contributed by atoms with E-state index in [0.717, 1.165) is 31.6 Å². The summed E-state index contributed by atoms with van der Waals surface area (Å²) in [4.78, 5) is 15.5. The largest absolute Gasteiger partial charge is 0.442 e. The van der Waals surface area contributed by atoms with Crippen molar-refractivity contribution in [1.29, 1.82) is 0 Å². The molecule has 1 amide bonds. The molecule has 1 aromatic rings. The third-order valence-electron chi connectivity index (χ3n) is 4.32. The Morgan fingerprint density at radius 2 is 2.12 bits per heavy atom. The van der Waals surface area contributed by atoms with Gasteiger partial charge in [0.15, 0.2) is 5.11 Å². The van der Waals surface area contributed by atoms with Crippen molar-refractivity contribution < 1.29 is 13.9 Å². The van der Waals surface area contributed by atoms with E-state index in [9.17, 15) is 9.18 Å². The normalized spacial score (nSPS) is 20.9. The lowest BCUT2D eigenvalue weighted by molar-refractivity contribution is 0.143. The second-order valence-corrected chi connectivity index (χ2v) is 6.48. The van der Waals surface area contributed by atoms with Crippen molar-refractivity contribution in [3.8, 4) is 0 Å². The lowest BCUT2D eigenvalue weighted by Gasteiger charge is -2.29. The van der Waals surface area contributed by atoms with Crippen molar-refractivity contribution >= 4 is 34.8 Å². The minimum atomic E-state index is -0.561. The molecule has 130 valence electrons. The Balaban J connectivity index is 1.70. The summed E-state index contributed by atoms with van der Waals surface area (Å²) in [6.07, 6.45) is 2.49. The minimum Gasteiger partial charge on any atom is -0.442 e. The Kier molecular flexibility index (Phi) is 5.03. The summed E-state index contributed by atoms with van der Waals surface area (Å²) in [6.45, 7) is 2.45. The van der Waals surface area contributed by atoms with Gasteiger partial charge in [-0.1, -0.05) is 0 Å². The van der Waals surface area contributed by atoms with E-state index in [2.05, 4.69) is 10.2 Å². The first kappa shape index (κ1) is 16.8. The molecule has 2 aliphatic heterocycles. The van der Waals surface area contributed by atoms with Crippen LogP contribution in [0.3, 0.4) is 0 Å². The predicted octanol–water partition coefficient (Wildman–Crippen LogP) is 1.97. The zero-order chi connectivity index (χ0) is 17.1. The van der Waals surface area contributed by atoms with Crippen LogP contribution in [0.5, 0.6) is 0 Å². The number of piperidine rings is 1. The molecule has 2 saturated heterocycles. The van der Waals surface area contributed by atoms with Crippen molar-refractivity contribution in [2.24, 2.45) is 5.73 Å². The smallest absolute Gasteiger partial charge is 0.414 e. The number of thiocarbonyl (C=S) groups is 1. The SMILES string of the molecule is NC(=S)NC[C@H]1CN(c2ccc(N3CCCCC3)cc2F)C(=O)O1. The van der Waals surface area contributed by atoms with E-state index >= 15 is 0 Å². The van der Waals surface area contributed by atoms with Gasteiger partial charge in [0.1, 0.15) is 11.9 Å². The van der Waals surface area contributed by atoms with Crippen molar-refractivity contribution in [3.05, 3.63) is 24.0 Å². The number of cyclic esters (lactones) is 1. The molecule has 2 aliphatic rings. The molecule has 2 heterocycles. The van der Waals surface area contributed by atoms with Crippen LogP contribution >= 0.6 is 12.2 Å². The number of nitrogens with one attached hydrogen (secondary N) is 1. The molecule has 2 fully saturated rings. The number of nitrogens with two attached hydrogens (primary N) is 1. The highest BCUT2D eigenvalue weighted by Crippen LogP contribution is 2.29. The van der Waals surface area contributed by atoms with Gasteiger partial charge in [0, 0.05) is 18.8 Å². The zero-order valence-corrected chi connectivity index (χ0v) is 14.2. The minimum absolute atomic E-state index is 0.140.